The number of nitrogens with two attached hydrogens (primary N) is 1. The van der Waals surface area contributed by atoms with Crippen LogP contribution in [0.1, 0.15) is 10.4 Å². The summed E-state index contributed by atoms with van der Waals surface area (Å²) in [4.78, 5) is 15.5. The van der Waals surface area contributed by atoms with Gasteiger partial charge in [-0.05, 0) is 24.3 Å². The largest absolute Gasteiger partial charge is 0.319 e. The van der Waals surface area contributed by atoms with Gasteiger partial charge < -0.3 is 10.7 Å². The second-order valence-electron chi connectivity index (χ2n) is 3.74. The minimum atomic E-state index is -0.912. The average molecular weight is 343 g/mol. The molecule has 20 heavy (non-hydrogen) atoms. The molecule has 0 atom stereocenters. The Hall–Kier alpha value is -2.06. The van der Waals surface area contributed by atoms with E-state index in [-0.39, 0.29) is 17.1 Å². The number of nitrogen functional groups attached to an aromatic ring is 1. The van der Waals surface area contributed by atoms with Crippen LogP contribution in [-0.2, 0) is 0 Å². The van der Waals surface area contributed by atoms with Crippen LogP contribution in [-0.4, -0.2) is 10.9 Å². The highest BCUT2D eigenvalue weighted by Crippen LogP contribution is 2.21. The van der Waals surface area contributed by atoms with Crippen LogP contribution in [0.4, 0.5) is 20.3 Å². The Balaban J connectivity index is 2.28. The number of amides is 1. The molecule has 0 fully saturated rings. The van der Waals surface area contributed by atoms with Gasteiger partial charge in [0.05, 0.1) is 11.3 Å². The zero-order valence-corrected chi connectivity index (χ0v) is 11.5. The Kier molecular flexibility index (Phi) is 4.26. The number of pyridine rings is 1. The number of carbonyl (C=O) groups excluding carboxylic acids is 1. The van der Waals surface area contributed by atoms with Gasteiger partial charge >= 0.3 is 0 Å². The number of benzene rings is 1. The molecule has 0 unspecified atom stereocenters. The third-order valence-electron chi connectivity index (χ3n) is 2.45. The van der Waals surface area contributed by atoms with Crippen molar-refractivity contribution in [2.24, 2.45) is 5.84 Å². The monoisotopic (exact) mass is 342 g/mol. The number of carbonyl (C=O) groups is 1. The molecule has 0 aliphatic heterocycles. The number of hydrazine groups is 1. The zero-order valence-electron chi connectivity index (χ0n) is 9.95. The van der Waals surface area contributed by atoms with Gasteiger partial charge in [0.25, 0.3) is 5.91 Å². The van der Waals surface area contributed by atoms with Crippen LogP contribution in [0, 0.1) is 11.6 Å². The smallest absolute Gasteiger partial charge is 0.258 e. The first kappa shape index (κ1) is 14.4. The molecule has 0 aliphatic rings. The van der Waals surface area contributed by atoms with E-state index in [1.54, 1.807) is 6.07 Å². The number of nitrogens with one attached hydrogen (secondary N) is 2. The highest BCUT2D eigenvalue weighted by molar-refractivity contribution is 9.10. The Labute approximate surface area is 121 Å². The van der Waals surface area contributed by atoms with E-state index < -0.39 is 17.5 Å². The minimum Gasteiger partial charge on any atom is -0.319 e. The summed E-state index contributed by atoms with van der Waals surface area (Å²) in [7, 11) is 0. The highest BCUT2D eigenvalue weighted by atomic mass is 79.9. The minimum absolute atomic E-state index is 0.0586. The molecule has 0 aliphatic carbocycles. The summed E-state index contributed by atoms with van der Waals surface area (Å²) < 4.78 is 27.9. The van der Waals surface area contributed by atoms with E-state index in [0.29, 0.717) is 4.47 Å². The molecule has 2 aromatic rings. The first-order chi connectivity index (χ1) is 9.52. The lowest BCUT2D eigenvalue weighted by Crippen LogP contribution is -2.18. The number of halogens is 3. The second-order valence-corrected chi connectivity index (χ2v) is 4.66. The van der Waals surface area contributed by atoms with E-state index in [0.717, 1.165) is 0 Å². The summed E-state index contributed by atoms with van der Waals surface area (Å²) in [6, 6.07) is 5.26. The van der Waals surface area contributed by atoms with Gasteiger partial charge in [-0.2, -0.15) is 0 Å². The molecule has 4 N–H and O–H groups in total. The third kappa shape index (κ3) is 2.91. The maximum absolute atomic E-state index is 13.8. The van der Waals surface area contributed by atoms with E-state index in [1.165, 1.54) is 24.4 Å². The number of hydrogen-bond donors (Lipinski definition) is 3. The van der Waals surface area contributed by atoms with Crippen molar-refractivity contribution in [3.05, 3.63) is 52.1 Å². The van der Waals surface area contributed by atoms with Crippen LogP contribution in [0.3, 0.4) is 0 Å². The lowest BCUT2D eigenvalue weighted by atomic mass is 10.2. The molecule has 0 bridgehead atoms. The fourth-order valence-corrected chi connectivity index (χ4v) is 1.83. The average Bonchev–Trinajstić information content (AvgIpc) is 2.42. The lowest BCUT2D eigenvalue weighted by molar-refractivity contribution is 0.102. The van der Waals surface area contributed by atoms with Crippen LogP contribution in [0.2, 0.25) is 0 Å². The van der Waals surface area contributed by atoms with Gasteiger partial charge in [-0.1, -0.05) is 15.9 Å². The van der Waals surface area contributed by atoms with E-state index in [2.05, 4.69) is 26.2 Å². The van der Waals surface area contributed by atoms with Crippen LogP contribution >= 0.6 is 15.9 Å². The Morgan fingerprint density at radius 1 is 1.30 bits per heavy atom. The molecule has 0 radical (unpaired) electrons. The molecule has 0 spiro atoms. The molecule has 1 heterocycles. The molecule has 2 rings (SSSR count). The quantitative estimate of drug-likeness (QED) is 0.591. The topological polar surface area (TPSA) is 80.0 Å². The third-order valence-corrected chi connectivity index (χ3v) is 2.94. The van der Waals surface area contributed by atoms with Gasteiger partial charge in [0.1, 0.15) is 5.82 Å². The van der Waals surface area contributed by atoms with Crippen molar-refractivity contribution in [2.75, 3.05) is 10.7 Å². The van der Waals surface area contributed by atoms with E-state index >= 15 is 0 Å². The summed E-state index contributed by atoms with van der Waals surface area (Å²) in [6.07, 6.45) is 1.21. The second kappa shape index (κ2) is 5.93. The maximum atomic E-state index is 13.8. The molecule has 1 aromatic carbocycles. The molecular formula is C12H9BrF2N4O. The predicted molar refractivity (Wildman–Crippen MR) is 74.1 cm³/mol. The van der Waals surface area contributed by atoms with Crippen molar-refractivity contribution >= 4 is 33.3 Å². The summed E-state index contributed by atoms with van der Waals surface area (Å²) in [5, 5.41) is 2.27. The molecule has 5 nitrogen and oxygen atoms in total. The Morgan fingerprint density at radius 2 is 2.05 bits per heavy atom. The summed E-state index contributed by atoms with van der Waals surface area (Å²) in [6.45, 7) is 0. The Morgan fingerprint density at radius 3 is 2.70 bits per heavy atom. The normalized spacial score (nSPS) is 10.2. The van der Waals surface area contributed by atoms with E-state index in [9.17, 15) is 13.6 Å². The SMILES string of the molecule is NNc1nccc(C(=O)Nc2ccc(Br)cc2F)c1F. The van der Waals surface area contributed by atoms with Crippen LogP contribution < -0.4 is 16.6 Å². The number of rotatable bonds is 3. The first-order valence-corrected chi connectivity index (χ1v) is 6.19. The fraction of sp³-hybridized carbons (Fsp3) is 0. The van der Waals surface area contributed by atoms with Crippen molar-refractivity contribution in [1.82, 2.24) is 4.98 Å². The standard InChI is InChI=1S/C12H9BrF2N4O/c13-6-1-2-9(8(14)5-6)18-12(20)7-3-4-17-11(19-16)10(7)15/h1-5H,16H2,(H,17,19)(H,18,20). The Bertz CT molecular complexity index is 666. The first-order valence-electron chi connectivity index (χ1n) is 5.40. The molecule has 0 saturated carbocycles. The molecular weight excluding hydrogens is 334 g/mol. The van der Waals surface area contributed by atoms with Gasteiger partial charge in [-0.25, -0.2) is 19.6 Å². The molecule has 1 amide bonds. The molecule has 0 saturated heterocycles. The van der Waals surface area contributed by atoms with E-state index in [1.807, 2.05) is 5.43 Å². The maximum Gasteiger partial charge on any atom is 0.258 e. The van der Waals surface area contributed by atoms with Crippen molar-refractivity contribution in [3.63, 3.8) is 0 Å². The molecule has 104 valence electrons. The van der Waals surface area contributed by atoms with Crippen molar-refractivity contribution in [2.45, 2.75) is 0 Å². The fourth-order valence-electron chi connectivity index (χ4n) is 1.50. The van der Waals surface area contributed by atoms with Gasteiger partial charge in [0.15, 0.2) is 11.6 Å². The number of hydrogen-bond acceptors (Lipinski definition) is 4. The van der Waals surface area contributed by atoms with Crippen LogP contribution in [0.5, 0.6) is 0 Å². The van der Waals surface area contributed by atoms with Gasteiger partial charge in [0.2, 0.25) is 0 Å². The zero-order chi connectivity index (χ0) is 14.7. The summed E-state index contributed by atoms with van der Waals surface area (Å²) in [5.74, 6) is 2.44. The van der Waals surface area contributed by atoms with Crippen molar-refractivity contribution in [3.8, 4) is 0 Å². The highest BCUT2D eigenvalue weighted by Gasteiger charge is 2.17. The summed E-state index contributed by atoms with van der Waals surface area (Å²) in [5.41, 5.74) is 1.67. The predicted octanol–water partition coefficient (Wildman–Crippen LogP) is 2.66. The number of aromatic nitrogens is 1. The number of nitrogens with zero attached hydrogens (tertiary/aromatic N) is 1. The number of anilines is 2. The van der Waals surface area contributed by atoms with Crippen LogP contribution in [0.15, 0.2) is 34.9 Å². The van der Waals surface area contributed by atoms with Gasteiger partial charge in [0, 0.05) is 10.7 Å². The van der Waals surface area contributed by atoms with Crippen molar-refractivity contribution in [1.29, 1.82) is 0 Å². The lowest BCUT2D eigenvalue weighted by Gasteiger charge is -2.09. The summed E-state index contributed by atoms with van der Waals surface area (Å²) >= 11 is 3.09. The molecule has 1 aromatic heterocycles. The van der Waals surface area contributed by atoms with E-state index in [4.69, 9.17) is 5.84 Å². The van der Waals surface area contributed by atoms with Crippen molar-refractivity contribution < 1.29 is 13.6 Å². The molecule has 8 heteroatoms. The van der Waals surface area contributed by atoms with Gasteiger partial charge in [-0.15, -0.1) is 0 Å². The van der Waals surface area contributed by atoms with Crippen LogP contribution in [0.25, 0.3) is 0 Å². The van der Waals surface area contributed by atoms with Gasteiger partial charge in [-0.3, -0.25) is 4.79 Å².